The average molecular weight is 487 g/mol. The first-order valence-electron chi connectivity index (χ1n) is 12.0. The van der Waals surface area contributed by atoms with E-state index in [2.05, 4.69) is 44.2 Å². The van der Waals surface area contributed by atoms with Crippen molar-refractivity contribution in [1.29, 1.82) is 0 Å². The zero-order valence-corrected chi connectivity index (χ0v) is 21.6. The van der Waals surface area contributed by atoms with Gasteiger partial charge in [-0.3, -0.25) is 4.79 Å². The van der Waals surface area contributed by atoms with Crippen LogP contribution in [0.2, 0.25) is 0 Å². The van der Waals surface area contributed by atoms with Gasteiger partial charge in [-0.2, -0.15) is 16.7 Å². The fourth-order valence-corrected chi connectivity index (χ4v) is 4.24. The van der Waals surface area contributed by atoms with E-state index >= 15 is 0 Å². The van der Waals surface area contributed by atoms with Crippen molar-refractivity contribution in [3.8, 4) is 11.6 Å². The summed E-state index contributed by atoms with van der Waals surface area (Å²) >= 11 is 1.85. The second-order valence-corrected chi connectivity index (χ2v) is 8.60. The third kappa shape index (κ3) is 8.24. The molecule has 0 aliphatic heterocycles. The van der Waals surface area contributed by atoms with Crippen molar-refractivity contribution in [3.63, 3.8) is 0 Å². The first-order chi connectivity index (χ1) is 16.8. The lowest BCUT2D eigenvalue weighted by Crippen LogP contribution is -2.23. The highest BCUT2D eigenvalue weighted by molar-refractivity contribution is 7.98. The van der Waals surface area contributed by atoms with Crippen LogP contribution in [0.25, 0.3) is 16.7 Å². The van der Waals surface area contributed by atoms with Crippen LogP contribution in [0, 0.1) is 0 Å². The van der Waals surface area contributed by atoms with Crippen molar-refractivity contribution in [3.05, 3.63) is 42.7 Å². The van der Waals surface area contributed by atoms with E-state index in [-0.39, 0.29) is 0 Å². The van der Waals surface area contributed by atoms with Crippen molar-refractivity contribution in [2.24, 2.45) is 0 Å². The lowest BCUT2D eigenvalue weighted by Gasteiger charge is -2.22. The summed E-state index contributed by atoms with van der Waals surface area (Å²) in [5, 5.41) is 4.64. The lowest BCUT2D eigenvalue weighted by atomic mass is 9.96. The molecule has 0 saturated heterocycles. The molecule has 0 unspecified atom stereocenters. The maximum absolute atomic E-state index is 8.95. The molecular formula is C26H38N4O3S. The summed E-state index contributed by atoms with van der Waals surface area (Å²) in [5.74, 6) is 3.65. The molecular weight excluding hydrogens is 448 g/mol. The Morgan fingerprint density at radius 2 is 1.94 bits per heavy atom. The number of nitrogens with one attached hydrogen (secondary N) is 1. The number of ether oxygens (including phenoxy) is 2. The molecule has 1 N–H and O–H groups in total. The number of fused-ring (bicyclic) bond motifs is 1. The number of anilines is 1. The van der Waals surface area contributed by atoms with E-state index in [0.717, 1.165) is 47.2 Å². The van der Waals surface area contributed by atoms with Gasteiger partial charge in [-0.05, 0) is 55.5 Å². The van der Waals surface area contributed by atoms with E-state index in [1.807, 2.05) is 50.0 Å². The smallest absolute Gasteiger partial charge is 0.292 e. The summed E-state index contributed by atoms with van der Waals surface area (Å²) in [7, 11) is 1.31. The van der Waals surface area contributed by atoms with Gasteiger partial charge in [-0.1, -0.05) is 39.2 Å². The fourth-order valence-electron chi connectivity index (χ4n) is 3.83. The predicted octanol–water partition coefficient (Wildman–Crippen LogP) is 6.11. The third-order valence-corrected chi connectivity index (χ3v) is 6.06. The molecule has 7 nitrogen and oxygen atoms in total. The summed E-state index contributed by atoms with van der Waals surface area (Å²) in [6.07, 6.45) is 13.4. The number of aromatic nitrogens is 3. The van der Waals surface area contributed by atoms with Gasteiger partial charge in [0.05, 0.1) is 19.2 Å². The van der Waals surface area contributed by atoms with Crippen molar-refractivity contribution in [2.75, 3.05) is 31.0 Å². The van der Waals surface area contributed by atoms with Gasteiger partial charge in [-0.25, -0.2) is 4.98 Å². The monoisotopic (exact) mass is 486 g/mol. The number of hydrogen-bond donors (Lipinski definition) is 1. The second kappa shape index (κ2) is 16.0. The SMILES string of the molecule is CC.COC=O.CSCCCOc1cccc2c1ccn2-c1ccnc(NC2CCCCC2)n1. The summed E-state index contributed by atoms with van der Waals surface area (Å²) in [4.78, 5) is 18.2. The van der Waals surface area contributed by atoms with Crippen LogP contribution in [0.4, 0.5) is 5.95 Å². The van der Waals surface area contributed by atoms with Gasteiger partial charge < -0.3 is 19.4 Å². The molecule has 1 fully saturated rings. The normalized spacial score (nSPS) is 13.2. The first kappa shape index (κ1) is 27.5. The van der Waals surface area contributed by atoms with E-state index in [9.17, 15) is 0 Å². The largest absolute Gasteiger partial charge is 0.493 e. The van der Waals surface area contributed by atoms with Crippen LogP contribution in [0.15, 0.2) is 42.7 Å². The van der Waals surface area contributed by atoms with E-state index in [0.29, 0.717) is 12.5 Å². The molecule has 186 valence electrons. The minimum atomic E-state index is 0.375. The van der Waals surface area contributed by atoms with Crippen LogP contribution in [0.1, 0.15) is 52.4 Å². The molecule has 1 saturated carbocycles. The number of thioether (sulfide) groups is 1. The minimum Gasteiger partial charge on any atom is -0.493 e. The minimum absolute atomic E-state index is 0.375. The van der Waals surface area contributed by atoms with Crippen LogP contribution in [0.3, 0.4) is 0 Å². The van der Waals surface area contributed by atoms with E-state index in [1.165, 1.54) is 39.2 Å². The van der Waals surface area contributed by atoms with Crippen LogP contribution < -0.4 is 10.1 Å². The number of carbonyl (C=O) groups excluding carboxylic acids is 1. The molecule has 0 spiro atoms. The van der Waals surface area contributed by atoms with Crippen LogP contribution in [-0.4, -0.2) is 52.8 Å². The van der Waals surface area contributed by atoms with Gasteiger partial charge in [0.1, 0.15) is 11.6 Å². The van der Waals surface area contributed by atoms with Gasteiger partial charge in [0.15, 0.2) is 0 Å². The number of nitrogens with zero attached hydrogens (tertiary/aromatic N) is 3. The second-order valence-electron chi connectivity index (χ2n) is 7.62. The highest BCUT2D eigenvalue weighted by Crippen LogP contribution is 2.29. The Bertz CT molecular complexity index is 974. The van der Waals surface area contributed by atoms with Crippen molar-refractivity contribution < 1.29 is 14.3 Å². The molecule has 4 rings (SSSR count). The molecule has 2 aromatic heterocycles. The Labute approximate surface area is 207 Å². The summed E-state index contributed by atoms with van der Waals surface area (Å²) in [6, 6.07) is 10.8. The molecule has 0 radical (unpaired) electrons. The molecule has 0 bridgehead atoms. The number of methoxy groups -OCH3 is 1. The lowest BCUT2D eigenvalue weighted by molar-refractivity contribution is -0.126. The maximum atomic E-state index is 8.95. The standard InChI is InChI=1S/C22H28N4OS.C2H4O2.C2H6/c1-28-16-6-15-27-20-10-5-9-19-18(20)12-14-26(19)21-11-13-23-22(25-21)24-17-7-3-2-4-8-17;1-4-2-3;1-2/h5,9-14,17H,2-4,6-8,15-16H2,1H3,(H,23,24,25);2H,1H3;1-2H3. The van der Waals surface area contributed by atoms with Gasteiger partial charge in [0.25, 0.3) is 6.47 Å². The Morgan fingerprint density at radius 3 is 2.65 bits per heavy atom. The zero-order chi connectivity index (χ0) is 24.6. The number of hydrogen-bond acceptors (Lipinski definition) is 7. The molecule has 0 amide bonds. The first-order valence-corrected chi connectivity index (χ1v) is 13.4. The predicted molar refractivity (Wildman–Crippen MR) is 142 cm³/mol. The Kier molecular flexibility index (Phi) is 12.9. The molecule has 0 atom stereocenters. The van der Waals surface area contributed by atoms with Crippen LogP contribution in [-0.2, 0) is 9.53 Å². The summed E-state index contributed by atoms with van der Waals surface area (Å²) in [6.45, 7) is 5.12. The fraction of sp³-hybridized carbons (Fsp3) is 0.500. The molecule has 3 aromatic rings. The Hall–Kier alpha value is -2.74. The van der Waals surface area contributed by atoms with Crippen LogP contribution in [0.5, 0.6) is 5.75 Å². The quantitative estimate of drug-likeness (QED) is 0.289. The number of rotatable bonds is 9. The molecule has 1 aromatic carbocycles. The molecule has 1 aliphatic rings. The van der Waals surface area contributed by atoms with Crippen LogP contribution >= 0.6 is 11.8 Å². The number of carbonyl (C=O) groups is 1. The third-order valence-electron chi connectivity index (χ3n) is 5.37. The van der Waals surface area contributed by atoms with E-state index < -0.39 is 0 Å². The molecule has 2 heterocycles. The average Bonchev–Trinajstić information content (AvgIpc) is 3.34. The Balaban J connectivity index is 0.000000618. The molecule has 1 aliphatic carbocycles. The Morgan fingerprint density at radius 1 is 1.18 bits per heavy atom. The molecule has 34 heavy (non-hydrogen) atoms. The van der Waals surface area contributed by atoms with E-state index in [1.54, 1.807) is 0 Å². The van der Waals surface area contributed by atoms with Gasteiger partial charge >= 0.3 is 0 Å². The highest BCUT2D eigenvalue weighted by Gasteiger charge is 2.15. The van der Waals surface area contributed by atoms with Gasteiger partial charge in [-0.15, -0.1) is 0 Å². The summed E-state index contributed by atoms with van der Waals surface area (Å²) < 4.78 is 12.0. The van der Waals surface area contributed by atoms with Crippen molar-refractivity contribution in [2.45, 2.75) is 58.4 Å². The molecule has 8 heteroatoms. The highest BCUT2D eigenvalue weighted by atomic mass is 32.2. The zero-order valence-electron chi connectivity index (χ0n) is 20.8. The van der Waals surface area contributed by atoms with E-state index in [4.69, 9.17) is 14.5 Å². The topological polar surface area (TPSA) is 78.3 Å². The number of benzene rings is 1. The van der Waals surface area contributed by atoms with Gasteiger partial charge in [0, 0.05) is 23.8 Å². The van der Waals surface area contributed by atoms with Gasteiger partial charge in [0.2, 0.25) is 5.95 Å². The van der Waals surface area contributed by atoms with Crippen molar-refractivity contribution >= 4 is 35.1 Å². The summed E-state index contributed by atoms with van der Waals surface area (Å²) in [5.41, 5.74) is 1.10. The van der Waals surface area contributed by atoms with Crippen molar-refractivity contribution in [1.82, 2.24) is 14.5 Å². The maximum Gasteiger partial charge on any atom is 0.292 e.